The second-order valence-electron chi connectivity index (χ2n) is 6.74. The number of hydrogen-bond donors (Lipinski definition) is 0. The Kier molecular flexibility index (Phi) is 5.76. The number of morpholine rings is 1. The number of nitrogens with zero attached hydrogens (tertiary/aromatic N) is 2. The van der Waals surface area contributed by atoms with Crippen molar-refractivity contribution in [3.63, 3.8) is 0 Å². The highest BCUT2D eigenvalue weighted by Crippen LogP contribution is 2.35. The lowest BCUT2D eigenvalue weighted by Crippen LogP contribution is -2.36. The molecule has 3 aromatic rings. The van der Waals surface area contributed by atoms with Crippen LogP contribution in [0.4, 0.5) is 5.88 Å². The second kappa shape index (κ2) is 8.30. The molecular formula is C21H21BrN2O4S. The highest BCUT2D eigenvalue weighted by molar-refractivity contribution is 9.10. The Morgan fingerprint density at radius 2 is 1.69 bits per heavy atom. The van der Waals surface area contributed by atoms with Gasteiger partial charge in [0.05, 0.1) is 18.1 Å². The summed E-state index contributed by atoms with van der Waals surface area (Å²) in [5.74, 6) is 0.550. The third kappa shape index (κ3) is 4.10. The van der Waals surface area contributed by atoms with E-state index in [0.29, 0.717) is 31.9 Å². The van der Waals surface area contributed by atoms with E-state index in [1.165, 1.54) is 0 Å². The van der Waals surface area contributed by atoms with Gasteiger partial charge < -0.3 is 14.1 Å². The molecule has 0 spiro atoms. The number of aromatic nitrogens is 1. The van der Waals surface area contributed by atoms with Crippen LogP contribution in [0.5, 0.6) is 0 Å². The fourth-order valence-electron chi connectivity index (χ4n) is 3.17. The van der Waals surface area contributed by atoms with Gasteiger partial charge in [0.1, 0.15) is 0 Å². The summed E-state index contributed by atoms with van der Waals surface area (Å²) in [6.45, 7) is 4.15. The zero-order valence-electron chi connectivity index (χ0n) is 16.0. The van der Waals surface area contributed by atoms with Crippen molar-refractivity contribution in [1.82, 2.24) is 4.98 Å². The first kappa shape index (κ1) is 20.1. The maximum absolute atomic E-state index is 13.4. The van der Waals surface area contributed by atoms with Gasteiger partial charge >= 0.3 is 0 Å². The second-order valence-corrected chi connectivity index (χ2v) is 9.52. The van der Waals surface area contributed by atoms with Crippen LogP contribution in [0.1, 0.15) is 12.5 Å². The molecule has 8 heteroatoms. The standard InChI is InChI=1S/C21H21BrN2O4S/c1-2-15-3-9-18(10-4-15)29(25,26)20-21(24-11-13-27-14-12-24)28-19(23-20)16-5-7-17(22)8-6-16/h3-10H,2,11-14H2,1H3. The summed E-state index contributed by atoms with van der Waals surface area (Å²) in [6.07, 6.45) is 0.844. The van der Waals surface area contributed by atoms with Crippen LogP contribution in [0.25, 0.3) is 11.5 Å². The lowest BCUT2D eigenvalue weighted by Gasteiger charge is -2.26. The Morgan fingerprint density at radius 3 is 2.31 bits per heavy atom. The number of aryl methyl sites for hydroxylation is 1. The van der Waals surface area contributed by atoms with Crippen molar-refractivity contribution >= 4 is 31.7 Å². The van der Waals surface area contributed by atoms with Crippen molar-refractivity contribution in [2.24, 2.45) is 0 Å². The van der Waals surface area contributed by atoms with Crippen molar-refractivity contribution in [1.29, 1.82) is 0 Å². The Morgan fingerprint density at radius 1 is 1.03 bits per heavy atom. The molecule has 0 atom stereocenters. The van der Waals surface area contributed by atoms with E-state index in [-0.39, 0.29) is 21.7 Å². The zero-order chi connectivity index (χ0) is 20.4. The molecule has 1 aliphatic rings. The van der Waals surface area contributed by atoms with E-state index in [9.17, 15) is 8.42 Å². The lowest BCUT2D eigenvalue weighted by molar-refractivity contribution is 0.120. The summed E-state index contributed by atoms with van der Waals surface area (Å²) in [5.41, 5.74) is 1.79. The summed E-state index contributed by atoms with van der Waals surface area (Å²) >= 11 is 3.41. The van der Waals surface area contributed by atoms with Gasteiger partial charge in [0, 0.05) is 23.1 Å². The molecular weight excluding hydrogens is 456 g/mol. The Bertz CT molecular complexity index is 1090. The molecule has 0 bridgehead atoms. The van der Waals surface area contributed by atoms with Crippen LogP contribution >= 0.6 is 15.9 Å². The summed E-state index contributed by atoms with van der Waals surface area (Å²) < 4.78 is 39.1. The minimum atomic E-state index is -3.84. The maximum Gasteiger partial charge on any atom is 0.236 e. The van der Waals surface area contributed by atoms with Gasteiger partial charge in [0.25, 0.3) is 0 Å². The van der Waals surface area contributed by atoms with Crippen molar-refractivity contribution in [2.45, 2.75) is 23.3 Å². The molecule has 0 saturated carbocycles. The molecule has 1 fully saturated rings. The predicted octanol–water partition coefficient (Wildman–Crippen LogP) is 4.34. The van der Waals surface area contributed by atoms with Crippen molar-refractivity contribution < 1.29 is 17.6 Å². The van der Waals surface area contributed by atoms with Crippen LogP contribution in [-0.4, -0.2) is 39.7 Å². The van der Waals surface area contributed by atoms with Gasteiger partial charge in [0.2, 0.25) is 26.6 Å². The molecule has 0 amide bonds. The fourth-order valence-corrected chi connectivity index (χ4v) is 4.76. The molecule has 2 heterocycles. The quantitative estimate of drug-likeness (QED) is 0.545. The number of sulfone groups is 1. The molecule has 152 valence electrons. The summed E-state index contributed by atoms with van der Waals surface area (Å²) in [7, 11) is -3.84. The lowest BCUT2D eigenvalue weighted by atomic mass is 10.2. The van der Waals surface area contributed by atoms with Gasteiger partial charge in [-0.2, -0.15) is 4.98 Å². The van der Waals surface area contributed by atoms with Crippen molar-refractivity contribution in [3.05, 3.63) is 58.6 Å². The minimum absolute atomic E-state index is 0.0541. The largest absolute Gasteiger partial charge is 0.419 e. The highest BCUT2D eigenvalue weighted by Gasteiger charge is 2.32. The SMILES string of the molecule is CCc1ccc(S(=O)(=O)c2nc(-c3ccc(Br)cc3)oc2N2CCOCC2)cc1. The molecule has 1 saturated heterocycles. The topological polar surface area (TPSA) is 72.6 Å². The average Bonchev–Trinajstić information content (AvgIpc) is 3.21. The molecule has 1 aliphatic heterocycles. The fraction of sp³-hybridized carbons (Fsp3) is 0.286. The summed E-state index contributed by atoms with van der Waals surface area (Å²) in [5, 5.41) is -0.0541. The van der Waals surface area contributed by atoms with E-state index < -0.39 is 9.84 Å². The van der Waals surface area contributed by atoms with Gasteiger partial charge in [0.15, 0.2) is 0 Å². The Hall–Kier alpha value is -2.16. The van der Waals surface area contributed by atoms with E-state index in [2.05, 4.69) is 20.9 Å². The molecule has 0 unspecified atom stereocenters. The number of hydrogen-bond acceptors (Lipinski definition) is 6. The molecule has 0 aliphatic carbocycles. The van der Waals surface area contributed by atoms with E-state index in [1.54, 1.807) is 12.1 Å². The van der Waals surface area contributed by atoms with Crippen LogP contribution < -0.4 is 4.90 Å². The van der Waals surface area contributed by atoms with Crippen LogP contribution in [0.2, 0.25) is 0 Å². The van der Waals surface area contributed by atoms with Crippen LogP contribution in [-0.2, 0) is 21.0 Å². The van der Waals surface area contributed by atoms with Crippen molar-refractivity contribution in [2.75, 3.05) is 31.2 Å². The highest BCUT2D eigenvalue weighted by atomic mass is 79.9. The number of anilines is 1. The number of ether oxygens (including phenoxy) is 1. The third-order valence-electron chi connectivity index (χ3n) is 4.87. The first-order valence-electron chi connectivity index (χ1n) is 9.42. The van der Waals surface area contributed by atoms with Crippen molar-refractivity contribution in [3.8, 4) is 11.5 Å². The van der Waals surface area contributed by atoms with E-state index in [4.69, 9.17) is 9.15 Å². The van der Waals surface area contributed by atoms with Gasteiger partial charge in [-0.15, -0.1) is 0 Å². The van der Waals surface area contributed by atoms with Crippen LogP contribution in [0, 0.1) is 0 Å². The van der Waals surface area contributed by atoms with Gasteiger partial charge in [-0.05, 0) is 48.4 Å². The first-order valence-corrected chi connectivity index (χ1v) is 11.7. The van der Waals surface area contributed by atoms with Gasteiger partial charge in [-0.25, -0.2) is 8.42 Å². The van der Waals surface area contributed by atoms with Gasteiger partial charge in [-0.3, -0.25) is 0 Å². The Labute approximate surface area is 178 Å². The third-order valence-corrected chi connectivity index (χ3v) is 7.06. The molecule has 29 heavy (non-hydrogen) atoms. The first-order chi connectivity index (χ1) is 14.0. The van der Waals surface area contributed by atoms with E-state index in [1.807, 2.05) is 48.2 Å². The zero-order valence-corrected chi connectivity index (χ0v) is 18.4. The molecule has 0 radical (unpaired) electrons. The maximum atomic E-state index is 13.4. The van der Waals surface area contributed by atoms with E-state index >= 15 is 0 Å². The molecule has 6 nitrogen and oxygen atoms in total. The number of benzene rings is 2. The van der Waals surface area contributed by atoms with Gasteiger partial charge in [-0.1, -0.05) is 35.0 Å². The monoisotopic (exact) mass is 476 g/mol. The average molecular weight is 477 g/mol. The molecule has 4 rings (SSSR count). The smallest absolute Gasteiger partial charge is 0.236 e. The number of oxazole rings is 1. The number of rotatable bonds is 5. The van der Waals surface area contributed by atoms with E-state index in [0.717, 1.165) is 16.5 Å². The normalized spacial score (nSPS) is 14.9. The van der Waals surface area contributed by atoms with Crippen LogP contribution in [0.3, 0.4) is 0 Å². The Balaban J connectivity index is 1.82. The summed E-state index contributed by atoms with van der Waals surface area (Å²) in [4.78, 5) is 6.51. The molecule has 2 aromatic carbocycles. The number of halogens is 1. The molecule has 1 aromatic heterocycles. The molecule has 0 N–H and O–H groups in total. The van der Waals surface area contributed by atoms with Crippen LogP contribution in [0.15, 0.2) is 67.3 Å². The minimum Gasteiger partial charge on any atom is -0.419 e. The predicted molar refractivity (Wildman–Crippen MR) is 114 cm³/mol. The summed E-state index contributed by atoms with van der Waals surface area (Å²) in [6, 6.07) is 14.3.